The van der Waals surface area contributed by atoms with Crippen molar-refractivity contribution in [2.75, 3.05) is 6.61 Å². The largest absolute Gasteiger partial charge is 0.480 e. The number of hydrogen-bond acceptors (Lipinski definition) is 3. The number of carbonyl (C=O) groups is 1. The second-order valence-electron chi connectivity index (χ2n) is 2.67. The molecule has 1 atom stereocenters. The highest BCUT2D eigenvalue weighted by Crippen LogP contribution is 2.32. The molecule has 7 heteroatoms. The van der Waals surface area contributed by atoms with Gasteiger partial charge in [0.25, 0.3) is 0 Å². The molecular weight excluding hydrogens is 191 g/mol. The van der Waals surface area contributed by atoms with Crippen molar-refractivity contribution in [3.63, 3.8) is 0 Å². The fourth-order valence-corrected chi connectivity index (χ4v) is 0.971. The Labute approximate surface area is 71.0 Å². The van der Waals surface area contributed by atoms with Crippen LogP contribution in [0.5, 0.6) is 0 Å². The first-order chi connectivity index (χ1) is 5.86. The standard InChI is InChI=1S/C6H6F3NO3/c7-6(8,9)1-5(4(11)12)2-13-3-10-5/h3H,1-2H2,(H,11,12). The summed E-state index contributed by atoms with van der Waals surface area (Å²) in [4.78, 5) is 13.7. The van der Waals surface area contributed by atoms with Crippen molar-refractivity contribution in [2.45, 2.75) is 18.1 Å². The maximum absolute atomic E-state index is 11.9. The molecule has 13 heavy (non-hydrogen) atoms. The van der Waals surface area contributed by atoms with Crippen molar-refractivity contribution in [3.05, 3.63) is 0 Å². The van der Waals surface area contributed by atoms with E-state index in [0.717, 1.165) is 6.40 Å². The summed E-state index contributed by atoms with van der Waals surface area (Å²) in [6.07, 6.45) is -5.34. The fourth-order valence-electron chi connectivity index (χ4n) is 0.971. The van der Waals surface area contributed by atoms with Gasteiger partial charge in [0.2, 0.25) is 5.54 Å². The van der Waals surface area contributed by atoms with E-state index >= 15 is 0 Å². The number of rotatable bonds is 2. The summed E-state index contributed by atoms with van der Waals surface area (Å²) >= 11 is 0. The van der Waals surface area contributed by atoms with Gasteiger partial charge >= 0.3 is 12.1 Å². The minimum atomic E-state index is -4.57. The lowest BCUT2D eigenvalue weighted by atomic mass is 9.98. The number of nitrogens with zero attached hydrogens (tertiary/aromatic N) is 1. The summed E-state index contributed by atoms with van der Waals surface area (Å²) in [7, 11) is 0. The Morgan fingerprint density at radius 2 is 2.31 bits per heavy atom. The van der Waals surface area contributed by atoms with E-state index < -0.39 is 30.7 Å². The lowest BCUT2D eigenvalue weighted by molar-refractivity contribution is -0.167. The maximum Gasteiger partial charge on any atom is 0.392 e. The third-order valence-electron chi connectivity index (χ3n) is 1.59. The number of aliphatic carboxylic acids is 1. The molecule has 0 saturated heterocycles. The van der Waals surface area contributed by atoms with Gasteiger partial charge < -0.3 is 9.84 Å². The highest BCUT2D eigenvalue weighted by molar-refractivity contribution is 5.82. The highest BCUT2D eigenvalue weighted by Gasteiger charge is 2.50. The predicted octanol–water partition coefficient (Wildman–Crippen LogP) is 0.821. The Morgan fingerprint density at radius 3 is 2.62 bits per heavy atom. The van der Waals surface area contributed by atoms with Crippen LogP contribution in [0.15, 0.2) is 4.99 Å². The van der Waals surface area contributed by atoms with Gasteiger partial charge in [-0.2, -0.15) is 13.2 Å². The van der Waals surface area contributed by atoms with E-state index in [1.54, 1.807) is 0 Å². The van der Waals surface area contributed by atoms with E-state index in [-0.39, 0.29) is 0 Å². The SMILES string of the molecule is O=C(O)C1(CC(F)(F)F)COC=N1. The molecule has 0 aromatic rings. The molecule has 0 aromatic carbocycles. The van der Waals surface area contributed by atoms with Gasteiger partial charge in [0.05, 0.1) is 6.42 Å². The summed E-state index contributed by atoms with van der Waals surface area (Å²) in [6.45, 7) is -0.568. The average Bonchev–Trinajstić information content (AvgIpc) is 2.33. The molecule has 0 aromatic heterocycles. The third-order valence-corrected chi connectivity index (χ3v) is 1.59. The monoisotopic (exact) mass is 197 g/mol. The van der Waals surface area contributed by atoms with Crippen molar-refractivity contribution in [3.8, 4) is 0 Å². The van der Waals surface area contributed by atoms with E-state index in [9.17, 15) is 18.0 Å². The van der Waals surface area contributed by atoms with Crippen molar-refractivity contribution in [2.24, 2.45) is 4.99 Å². The zero-order valence-corrected chi connectivity index (χ0v) is 6.34. The molecule has 0 aliphatic carbocycles. The number of carboxylic acid groups (broad SMARTS) is 1. The Morgan fingerprint density at radius 1 is 1.69 bits per heavy atom. The molecule has 0 radical (unpaired) electrons. The van der Waals surface area contributed by atoms with Gasteiger partial charge in [-0.25, -0.2) is 9.79 Å². The Hall–Kier alpha value is -1.27. The van der Waals surface area contributed by atoms with Crippen LogP contribution < -0.4 is 0 Å². The van der Waals surface area contributed by atoms with E-state index in [0.29, 0.717) is 0 Å². The van der Waals surface area contributed by atoms with Gasteiger partial charge in [0, 0.05) is 0 Å². The van der Waals surface area contributed by atoms with E-state index in [1.165, 1.54) is 0 Å². The normalized spacial score (nSPS) is 27.3. The zero-order chi connectivity index (χ0) is 10.1. The van der Waals surface area contributed by atoms with Crippen molar-refractivity contribution in [1.29, 1.82) is 0 Å². The molecule has 0 spiro atoms. The van der Waals surface area contributed by atoms with Crippen molar-refractivity contribution >= 4 is 12.4 Å². The van der Waals surface area contributed by atoms with Crippen LogP contribution in [0.3, 0.4) is 0 Å². The quantitative estimate of drug-likeness (QED) is 0.712. The van der Waals surface area contributed by atoms with Gasteiger partial charge in [-0.1, -0.05) is 0 Å². The summed E-state index contributed by atoms with van der Waals surface area (Å²) in [5, 5.41) is 8.53. The first-order valence-corrected chi connectivity index (χ1v) is 3.31. The number of hydrogen-bond donors (Lipinski definition) is 1. The van der Waals surface area contributed by atoms with E-state index in [4.69, 9.17) is 5.11 Å². The topological polar surface area (TPSA) is 58.9 Å². The van der Waals surface area contributed by atoms with Crippen LogP contribution in [0.2, 0.25) is 0 Å². The van der Waals surface area contributed by atoms with Gasteiger partial charge in [-0.15, -0.1) is 0 Å². The molecule has 0 fully saturated rings. The van der Waals surface area contributed by atoms with Crippen LogP contribution >= 0.6 is 0 Å². The Kier molecular flexibility index (Phi) is 2.19. The third kappa shape index (κ3) is 2.10. The van der Waals surface area contributed by atoms with E-state index in [1.807, 2.05) is 0 Å². The molecule has 1 heterocycles. The minimum Gasteiger partial charge on any atom is -0.480 e. The fraction of sp³-hybridized carbons (Fsp3) is 0.667. The predicted molar refractivity (Wildman–Crippen MR) is 35.5 cm³/mol. The Balaban J connectivity index is 2.81. The van der Waals surface area contributed by atoms with Gasteiger partial charge in [0.1, 0.15) is 6.61 Å². The molecular formula is C6H6F3NO3. The first kappa shape index (κ1) is 9.82. The number of ether oxygens (including phenoxy) is 1. The molecule has 1 N–H and O–H groups in total. The summed E-state index contributed by atoms with van der Waals surface area (Å²) in [5.41, 5.74) is -2.18. The number of halogens is 3. The van der Waals surface area contributed by atoms with Crippen LogP contribution in [0.4, 0.5) is 13.2 Å². The average molecular weight is 197 g/mol. The molecule has 0 saturated carbocycles. The van der Waals surface area contributed by atoms with Crippen LogP contribution in [-0.4, -0.2) is 35.8 Å². The molecule has 0 amide bonds. The second-order valence-corrected chi connectivity index (χ2v) is 2.67. The van der Waals surface area contributed by atoms with Crippen LogP contribution in [-0.2, 0) is 9.53 Å². The van der Waals surface area contributed by atoms with Gasteiger partial charge in [-0.05, 0) is 0 Å². The maximum atomic E-state index is 11.9. The minimum absolute atomic E-state index is 0.568. The van der Waals surface area contributed by atoms with Crippen molar-refractivity contribution in [1.82, 2.24) is 0 Å². The molecule has 1 rings (SSSR count). The molecule has 4 nitrogen and oxygen atoms in total. The molecule has 1 unspecified atom stereocenters. The number of carboxylic acids is 1. The summed E-state index contributed by atoms with van der Waals surface area (Å²) in [5.74, 6) is -1.63. The van der Waals surface area contributed by atoms with Crippen LogP contribution in [0, 0.1) is 0 Å². The number of aliphatic imine (C=N–C) groups is 1. The van der Waals surface area contributed by atoms with Crippen LogP contribution in [0.25, 0.3) is 0 Å². The summed E-state index contributed by atoms with van der Waals surface area (Å²) in [6, 6.07) is 0. The lowest BCUT2D eigenvalue weighted by Gasteiger charge is -2.20. The molecule has 1 aliphatic rings. The highest BCUT2D eigenvalue weighted by atomic mass is 19.4. The Bertz CT molecular complexity index is 250. The summed E-state index contributed by atoms with van der Waals surface area (Å²) < 4.78 is 40.2. The molecule has 1 aliphatic heterocycles. The second kappa shape index (κ2) is 2.90. The molecule has 0 bridgehead atoms. The van der Waals surface area contributed by atoms with Crippen LogP contribution in [0.1, 0.15) is 6.42 Å². The van der Waals surface area contributed by atoms with E-state index in [2.05, 4.69) is 9.73 Å². The van der Waals surface area contributed by atoms with Gasteiger partial charge in [0.15, 0.2) is 6.40 Å². The first-order valence-electron chi connectivity index (χ1n) is 3.31. The smallest absolute Gasteiger partial charge is 0.392 e. The van der Waals surface area contributed by atoms with Crippen molar-refractivity contribution < 1.29 is 27.8 Å². The molecule has 74 valence electrons. The lowest BCUT2D eigenvalue weighted by Crippen LogP contribution is -2.42. The number of alkyl halides is 3. The zero-order valence-electron chi connectivity index (χ0n) is 6.34. The van der Waals surface area contributed by atoms with Gasteiger partial charge in [-0.3, -0.25) is 0 Å².